The molecule has 0 saturated carbocycles. The Kier molecular flexibility index (Phi) is 8.50. The molecule has 3 heteroatoms. The predicted molar refractivity (Wildman–Crippen MR) is 80.0 cm³/mol. The van der Waals surface area contributed by atoms with E-state index in [4.69, 9.17) is 11.6 Å². The number of carbonyl (C=O) groups excluding carboxylic acids is 1. The van der Waals surface area contributed by atoms with Crippen molar-refractivity contribution in [3.8, 4) is 0 Å². The highest BCUT2D eigenvalue weighted by atomic mass is 35.5. The summed E-state index contributed by atoms with van der Waals surface area (Å²) in [4.78, 5) is 14.8. The molecule has 96 valence electrons. The van der Waals surface area contributed by atoms with Gasteiger partial charge in [-0.2, -0.15) is 0 Å². The number of hydrogen-bond donors (Lipinski definition) is 0. The molecule has 0 saturated heterocycles. The zero-order valence-corrected chi connectivity index (χ0v) is 11.6. The third kappa shape index (κ3) is 5.60. The molecule has 0 radical (unpaired) electrons. The Hall–Kier alpha value is -1.67. The van der Waals surface area contributed by atoms with E-state index in [1.807, 2.05) is 26.0 Å². The number of carbonyl (C=O) groups is 1. The summed E-state index contributed by atoms with van der Waals surface area (Å²) in [6, 6.07) is 0. The van der Waals surface area contributed by atoms with Crippen molar-refractivity contribution in [3.05, 3.63) is 59.3 Å². The maximum absolute atomic E-state index is 10.7. The van der Waals surface area contributed by atoms with E-state index in [2.05, 4.69) is 18.2 Å². The Labute approximate surface area is 114 Å². The fraction of sp³-hybridized carbons (Fsp3) is 0.200. The van der Waals surface area contributed by atoms with Crippen molar-refractivity contribution in [1.82, 2.24) is 0 Å². The Morgan fingerprint density at radius 2 is 2.11 bits per heavy atom. The van der Waals surface area contributed by atoms with Gasteiger partial charge >= 0.3 is 0 Å². The van der Waals surface area contributed by atoms with Crippen molar-refractivity contribution in [2.24, 2.45) is 4.99 Å². The van der Waals surface area contributed by atoms with Gasteiger partial charge in [-0.25, -0.2) is 0 Å². The molecule has 2 nitrogen and oxygen atoms in total. The third-order valence-electron chi connectivity index (χ3n) is 2.06. The van der Waals surface area contributed by atoms with Crippen LogP contribution in [0.1, 0.15) is 20.3 Å². The molecule has 0 fully saturated rings. The topological polar surface area (TPSA) is 29.4 Å². The number of rotatable bonds is 7. The van der Waals surface area contributed by atoms with Gasteiger partial charge in [0.25, 0.3) is 0 Å². The molecule has 0 atom stereocenters. The molecule has 18 heavy (non-hydrogen) atoms. The van der Waals surface area contributed by atoms with Crippen LogP contribution in [0.3, 0.4) is 0 Å². The smallest absolute Gasteiger partial charge is 0.151 e. The molecule has 0 N–H and O–H groups in total. The van der Waals surface area contributed by atoms with Crippen molar-refractivity contribution >= 4 is 24.1 Å². The first-order valence-corrected chi connectivity index (χ1v) is 6.01. The lowest BCUT2D eigenvalue weighted by Gasteiger charge is -2.04. The minimum absolute atomic E-state index is 0.429. The van der Waals surface area contributed by atoms with Crippen LogP contribution in [0.15, 0.2) is 64.3 Å². The van der Waals surface area contributed by atoms with Gasteiger partial charge in [0, 0.05) is 22.4 Å². The Bertz CT molecular complexity index is 439. The standard InChI is InChI=1S/C15H18ClNO/c1-5-8-13(11-18)10-17-12(4)14(9-6-2)15(16)7-3/h5-6,8-11H,1,4,7H2,2-3H3/b9-6-,13-8+,15-14-,17-10?. The lowest BCUT2D eigenvalue weighted by atomic mass is 10.1. The molecule has 0 aliphatic carbocycles. The number of halogens is 1. The Balaban J connectivity index is 5.15. The number of allylic oxidation sites excluding steroid dienone is 6. The fourth-order valence-electron chi connectivity index (χ4n) is 1.17. The summed E-state index contributed by atoms with van der Waals surface area (Å²) in [5.74, 6) is 0. The van der Waals surface area contributed by atoms with E-state index in [9.17, 15) is 4.79 Å². The largest absolute Gasteiger partial charge is 0.298 e. The van der Waals surface area contributed by atoms with E-state index in [1.165, 1.54) is 12.3 Å². The van der Waals surface area contributed by atoms with Crippen LogP contribution in [0.5, 0.6) is 0 Å². The second-order valence-electron chi connectivity index (χ2n) is 3.40. The Morgan fingerprint density at radius 1 is 1.44 bits per heavy atom. The number of hydrogen-bond acceptors (Lipinski definition) is 2. The highest BCUT2D eigenvalue weighted by Crippen LogP contribution is 2.21. The van der Waals surface area contributed by atoms with Crippen LogP contribution in [0.2, 0.25) is 0 Å². The van der Waals surface area contributed by atoms with Gasteiger partial charge in [0.2, 0.25) is 0 Å². The molecule has 0 bridgehead atoms. The zero-order chi connectivity index (χ0) is 14.0. The lowest BCUT2D eigenvalue weighted by molar-refractivity contribution is -0.104. The highest BCUT2D eigenvalue weighted by molar-refractivity contribution is 6.30. The maximum Gasteiger partial charge on any atom is 0.151 e. The van der Waals surface area contributed by atoms with Crippen molar-refractivity contribution in [2.75, 3.05) is 0 Å². The minimum atomic E-state index is 0.429. The van der Waals surface area contributed by atoms with Gasteiger partial charge in [-0.05, 0) is 13.3 Å². The predicted octanol–water partition coefficient (Wildman–Crippen LogP) is 4.36. The van der Waals surface area contributed by atoms with Gasteiger partial charge in [-0.1, -0.05) is 56.0 Å². The third-order valence-corrected chi connectivity index (χ3v) is 2.53. The molecule has 0 aliphatic heterocycles. The van der Waals surface area contributed by atoms with Crippen LogP contribution in [0.4, 0.5) is 0 Å². The van der Waals surface area contributed by atoms with Gasteiger partial charge < -0.3 is 0 Å². The summed E-state index contributed by atoms with van der Waals surface area (Å²) in [7, 11) is 0. The average molecular weight is 264 g/mol. The molecule has 0 rings (SSSR count). The molecular weight excluding hydrogens is 246 g/mol. The SMILES string of the molecule is C=C/C=C(/C=O)C=NC(=C)C(/C=C\C)=C(\Cl)CC. The first-order chi connectivity index (χ1) is 8.60. The molecule has 0 heterocycles. The first kappa shape index (κ1) is 16.3. The van der Waals surface area contributed by atoms with Crippen LogP contribution >= 0.6 is 11.6 Å². The van der Waals surface area contributed by atoms with E-state index in [0.717, 1.165) is 5.57 Å². The average Bonchev–Trinajstić information content (AvgIpc) is 2.39. The molecule has 0 aromatic heterocycles. The monoisotopic (exact) mass is 263 g/mol. The molecule has 0 amide bonds. The summed E-state index contributed by atoms with van der Waals surface area (Å²) in [5, 5.41) is 0.690. The van der Waals surface area contributed by atoms with Gasteiger partial charge in [0.1, 0.15) is 0 Å². The summed E-state index contributed by atoms with van der Waals surface area (Å²) < 4.78 is 0. The number of aldehydes is 1. The normalized spacial score (nSPS) is 13.8. The van der Waals surface area contributed by atoms with Crippen LogP contribution in [-0.2, 0) is 4.79 Å². The number of aliphatic imine (C=N–C) groups is 1. The number of nitrogens with zero attached hydrogens (tertiary/aromatic N) is 1. The van der Waals surface area contributed by atoms with Crippen LogP contribution in [0.25, 0.3) is 0 Å². The van der Waals surface area contributed by atoms with Crippen molar-refractivity contribution < 1.29 is 4.79 Å². The van der Waals surface area contributed by atoms with Crippen molar-refractivity contribution in [3.63, 3.8) is 0 Å². The van der Waals surface area contributed by atoms with Crippen LogP contribution in [0, 0.1) is 0 Å². The minimum Gasteiger partial charge on any atom is -0.298 e. The van der Waals surface area contributed by atoms with E-state index in [0.29, 0.717) is 29.0 Å². The van der Waals surface area contributed by atoms with E-state index in [1.54, 1.807) is 6.08 Å². The second-order valence-corrected chi connectivity index (χ2v) is 3.85. The first-order valence-electron chi connectivity index (χ1n) is 5.63. The van der Waals surface area contributed by atoms with E-state index in [-0.39, 0.29) is 0 Å². The quantitative estimate of drug-likeness (QED) is 0.290. The second kappa shape index (κ2) is 9.37. The van der Waals surface area contributed by atoms with E-state index < -0.39 is 0 Å². The summed E-state index contributed by atoms with van der Waals surface area (Å²) >= 11 is 6.11. The van der Waals surface area contributed by atoms with Gasteiger partial charge in [0.15, 0.2) is 6.29 Å². The van der Waals surface area contributed by atoms with Crippen molar-refractivity contribution in [1.29, 1.82) is 0 Å². The molecule has 0 spiro atoms. The Morgan fingerprint density at radius 3 is 2.56 bits per heavy atom. The summed E-state index contributed by atoms with van der Waals surface area (Å²) in [6.45, 7) is 11.2. The summed E-state index contributed by atoms with van der Waals surface area (Å²) in [5.41, 5.74) is 1.73. The molecular formula is C15H18ClNO. The molecule has 0 aromatic carbocycles. The van der Waals surface area contributed by atoms with E-state index >= 15 is 0 Å². The van der Waals surface area contributed by atoms with Gasteiger partial charge in [0.05, 0.1) is 5.70 Å². The fourth-order valence-corrected chi connectivity index (χ4v) is 1.34. The molecule has 0 aliphatic rings. The van der Waals surface area contributed by atoms with Crippen molar-refractivity contribution in [2.45, 2.75) is 20.3 Å². The molecule has 0 aromatic rings. The highest BCUT2D eigenvalue weighted by Gasteiger charge is 2.03. The van der Waals surface area contributed by atoms with Gasteiger partial charge in [-0.3, -0.25) is 9.79 Å². The van der Waals surface area contributed by atoms with Crippen LogP contribution < -0.4 is 0 Å². The van der Waals surface area contributed by atoms with Gasteiger partial charge in [-0.15, -0.1) is 0 Å². The molecule has 0 unspecified atom stereocenters. The maximum atomic E-state index is 10.7. The zero-order valence-electron chi connectivity index (χ0n) is 10.8. The lowest BCUT2D eigenvalue weighted by Crippen LogP contribution is -1.90. The summed E-state index contributed by atoms with van der Waals surface area (Å²) in [6.07, 6.45) is 9.68. The van der Waals surface area contributed by atoms with Crippen LogP contribution in [-0.4, -0.2) is 12.5 Å².